The number of piperazine rings is 1. The zero-order chi connectivity index (χ0) is 15.4. The van der Waals surface area contributed by atoms with Crippen LogP contribution in [0.15, 0.2) is 36.8 Å². The van der Waals surface area contributed by atoms with E-state index in [0.717, 1.165) is 30.3 Å². The molecule has 0 spiro atoms. The molecule has 0 N–H and O–H groups in total. The standard InChI is InChI=1S/C16H19N5O/c1-13-10-15(19-12-18-13)20-6-8-21(9-7-20)16(22)11-14-4-2-3-5-17-14/h2-5,10,12H,6-9,11H2,1H3. The van der Waals surface area contributed by atoms with Gasteiger partial charge in [0, 0.05) is 49.8 Å². The molecule has 114 valence electrons. The maximum atomic E-state index is 12.3. The molecule has 0 bridgehead atoms. The van der Waals surface area contributed by atoms with Gasteiger partial charge in [0.2, 0.25) is 5.91 Å². The molecule has 1 saturated heterocycles. The second-order valence-electron chi connectivity index (χ2n) is 5.38. The first kappa shape index (κ1) is 14.4. The molecule has 1 aliphatic heterocycles. The van der Waals surface area contributed by atoms with Crippen LogP contribution in [0.1, 0.15) is 11.4 Å². The molecule has 6 heteroatoms. The predicted molar refractivity (Wildman–Crippen MR) is 83.5 cm³/mol. The first-order valence-electron chi connectivity index (χ1n) is 7.43. The Bertz CT molecular complexity index is 638. The highest BCUT2D eigenvalue weighted by atomic mass is 16.2. The molecule has 1 amide bonds. The van der Waals surface area contributed by atoms with Gasteiger partial charge in [-0.25, -0.2) is 9.97 Å². The Morgan fingerprint density at radius 1 is 1.14 bits per heavy atom. The summed E-state index contributed by atoms with van der Waals surface area (Å²) in [5, 5.41) is 0. The van der Waals surface area contributed by atoms with Gasteiger partial charge in [0.25, 0.3) is 0 Å². The number of hydrogen-bond donors (Lipinski definition) is 0. The van der Waals surface area contributed by atoms with E-state index >= 15 is 0 Å². The Labute approximate surface area is 129 Å². The third-order valence-electron chi connectivity index (χ3n) is 3.80. The number of aromatic nitrogens is 3. The molecule has 0 atom stereocenters. The van der Waals surface area contributed by atoms with Crippen LogP contribution in [0.4, 0.5) is 5.82 Å². The molecule has 0 aliphatic carbocycles. The van der Waals surface area contributed by atoms with E-state index in [0.29, 0.717) is 19.5 Å². The molecule has 3 rings (SSSR count). The van der Waals surface area contributed by atoms with Gasteiger partial charge in [-0.05, 0) is 19.1 Å². The summed E-state index contributed by atoms with van der Waals surface area (Å²) in [4.78, 5) is 29.0. The molecule has 6 nitrogen and oxygen atoms in total. The molecule has 2 aromatic rings. The van der Waals surface area contributed by atoms with Gasteiger partial charge in [-0.15, -0.1) is 0 Å². The van der Waals surface area contributed by atoms with Crippen LogP contribution in [0.2, 0.25) is 0 Å². The van der Waals surface area contributed by atoms with Crippen LogP contribution >= 0.6 is 0 Å². The molecule has 0 radical (unpaired) electrons. The minimum absolute atomic E-state index is 0.136. The quantitative estimate of drug-likeness (QED) is 0.848. The molecular formula is C16H19N5O. The van der Waals surface area contributed by atoms with Crippen LogP contribution in [0.25, 0.3) is 0 Å². The van der Waals surface area contributed by atoms with Gasteiger partial charge in [0.05, 0.1) is 6.42 Å². The third kappa shape index (κ3) is 3.39. The van der Waals surface area contributed by atoms with Gasteiger partial charge in [0.1, 0.15) is 12.1 Å². The maximum Gasteiger partial charge on any atom is 0.228 e. The number of carbonyl (C=O) groups is 1. The summed E-state index contributed by atoms with van der Waals surface area (Å²) in [6.45, 7) is 4.98. The van der Waals surface area contributed by atoms with Crippen molar-refractivity contribution in [3.05, 3.63) is 48.2 Å². The lowest BCUT2D eigenvalue weighted by atomic mass is 10.2. The van der Waals surface area contributed by atoms with E-state index in [4.69, 9.17) is 0 Å². The smallest absolute Gasteiger partial charge is 0.228 e. The van der Waals surface area contributed by atoms with Crippen molar-refractivity contribution in [1.29, 1.82) is 0 Å². The van der Waals surface area contributed by atoms with Gasteiger partial charge < -0.3 is 9.80 Å². The van der Waals surface area contributed by atoms with Crippen molar-refractivity contribution >= 4 is 11.7 Å². The lowest BCUT2D eigenvalue weighted by Gasteiger charge is -2.35. The Balaban J connectivity index is 1.56. The molecule has 3 heterocycles. The van der Waals surface area contributed by atoms with Crippen molar-refractivity contribution < 1.29 is 4.79 Å². The van der Waals surface area contributed by atoms with Gasteiger partial charge in [-0.3, -0.25) is 9.78 Å². The van der Waals surface area contributed by atoms with E-state index in [1.807, 2.05) is 36.1 Å². The highest BCUT2D eigenvalue weighted by Gasteiger charge is 2.22. The number of nitrogens with zero attached hydrogens (tertiary/aromatic N) is 5. The van der Waals surface area contributed by atoms with Gasteiger partial charge in [-0.2, -0.15) is 0 Å². The summed E-state index contributed by atoms with van der Waals surface area (Å²) >= 11 is 0. The molecule has 1 fully saturated rings. The van der Waals surface area contributed by atoms with E-state index in [1.165, 1.54) is 0 Å². The Morgan fingerprint density at radius 3 is 2.64 bits per heavy atom. The summed E-state index contributed by atoms with van der Waals surface area (Å²) in [7, 11) is 0. The van der Waals surface area contributed by atoms with Crippen molar-refractivity contribution in [2.75, 3.05) is 31.1 Å². The van der Waals surface area contributed by atoms with Crippen molar-refractivity contribution in [1.82, 2.24) is 19.9 Å². The molecule has 0 saturated carbocycles. The number of aryl methyl sites for hydroxylation is 1. The predicted octanol–water partition coefficient (Wildman–Crippen LogP) is 1.07. The summed E-state index contributed by atoms with van der Waals surface area (Å²) in [6.07, 6.45) is 3.68. The van der Waals surface area contributed by atoms with Crippen LogP contribution in [0, 0.1) is 6.92 Å². The largest absolute Gasteiger partial charge is 0.353 e. The van der Waals surface area contributed by atoms with Crippen molar-refractivity contribution in [3.63, 3.8) is 0 Å². The molecule has 0 unspecified atom stereocenters. The normalized spacial score (nSPS) is 15.0. The summed E-state index contributed by atoms with van der Waals surface area (Å²) in [5.74, 6) is 1.07. The molecular weight excluding hydrogens is 278 g/mol. The van der Waals surface area contributed by atoms with E-state index in [1.54, 1.807) is 12.5 Å². The van der Waals surface area contributed by atoms with Gasteiger partial charge >= 0.3 is 0 Å². The van der Waals surface area contributed by atoms with Crippen molar-refractivity contribution in [2.45, 2.75) is 13.3 Å². The number of anilines is 1. The van der Waals surface area contributed by atoms with E-state index < -0.39 is 0 Å². The lowest BCUT2D eigenvalue weighted by molar-refractivity contribution is -0.130. The second-order valence-corrected chi connectivity index (χ2v) is 5.38. The molecule has 22 heavy (non-hydrogen) atoms. The fraction of sp³-hybridized carbons (Fsp3) is 0.375. The lowest BCUT2D eigenvalue weighted by Crippen LogP contribution is -2.49. The molecule has 0 aromatic carbocycles. The highest BCUT2D eigenvalue weighted by molar-refractivity contribution is 5.78. The van der Waals surface area contributed by atoms with Crippen molar-refractivity contribution in [3.8, 4) is 0 Å². The Hall–Kier alpha value is -2.50. The first-order valence-corrected chi connectivity index (χ1v) is 7.43. The summed E-state index contributed by atoms with van der Waals surface area (Å²) in [6, 6.07) is 7.63. The zero-order valence-corrected chi connectivity index (χ0v) is 12.6. The number of rotatable bonds is 3. The van der Waals surface area contributed by atoms with Gasteiger partial charge in [0.15, 0.2) is 0 Å². The highest BCUT2D eigenvalue weighted by Crippen LogP contribution is 2.14. The molecule has 2 aromatic heterocycles. The summed E-state index contributed by atoms with van der Waals surface area (Å²) < 4.78 is 0. The number of pyridine rings is 1. The summed E-state index contributed by atoms with van der Waals surface area (Å²) in [5.41, 5.74) is 1.78. The van der Waals surface area contributed by atoms with Crippen LogP contribution in [-0.2, 0) is 11.2 Å². The topological polar surface area (TPSA) is 62.2 Å². The first-order chi connectivity index (χ1) is 10.7. The Morgan fingerprint density at radius 2 is 1.95 bits per heavy atom. The van der Waals surface area contributed by atoms with E-state index in [9.17, 15) is 4.79 Å². The average Bonchev–Trinajstić information content (AvgIpc) is 2.56. The van der Waals surface area contributed by atoms with E-state index in [2.05, 4.69) is 19.9 Å². The number of hydrogen-bond acceptors (Lipinski definition) is 5. The fourth-order valence-corrected chi connectivity index (χ4v) is 2.57. The maximum absolute atomic E-state index is 12.3. The fourth-order valence-electron chi connectivity index (χ4n) is 2.57. The number of carbonyl (C=O) groups excluding carboxylic acids is 1. The Kier molecular flexibility index (Phi) is 4.27. The second kappa shape index (κ2) is 6.51. The third-order valence-corrected chi connectivity index (χ3v) is 3.80. The van der Waals surface area contributed by atoms with Crippen LogP contribution in [-0.4, -0.2) is 51.9 Å². The number of amides is 1. The van der Waals surface area contributed by atoms with Crippen molar-refractivity contribution in [2.24, 2.45) is 0 Å². The minimum atomic E-state index is 0.136. The van der Waals surface area contributed by atoms with Gasteiger partial charge in [-0.1, -0.05) is 6.07 Å². The van der Waals surface area contributed by atoms with Crippen LogP contribution in [0.3, 0.4) is 0 Å². The molecule has 1 aliphatic rings. The zero-order valence-electron chi connectivity index (χ0n) is 12.6. The van der Waals surface area contributed by atoms with E-state index in [-0.39, 0.29) is 5.91 Å². The average molecular weight is 297 g/mol. The minimum Gasteiger partial charge on any atom is -0.353 e. The monoisotopic (exact) mass is 297 g/mol. The SMILES string of the molecule is Cc1cc(N2CCN(C(=O)Cc3ccccn3)CC2)ncn1. The van der Waals surface area contributed by atoms with Crippen LogP contribution < -0.4 is 4.90 Å². The van der Waals surface area contributed by atoms with Crippen LogP contribution in [0.5, 0.6) is 0 Å².